The molecule has 2 heterocycles. The topological polar surface area (TPSA) is 51.6 Å². The Hall–Kier alpha value is -0.880. The smallest absolute Gasteiger partial charge is 0.203 e. The first-order valence-electron chi connectivity index (χ1n) is 2.50. The Labute approximate surface area is 64.9 Å². The molecule has 0 aliphatic carbocycles. The highest BCUT2D eigenvalue weighted by molar-refractivity contribution is 7.09. The molecule has 0 aliphatic heterocycles. The highest BCUT2D eigenvalue weighted by Crippen LogP contribution is 2.14. The van der Waals surface area contributed by atoms with Crippen molar-refractivity contribution in [2.75, 3.05) is 0 Å². The van der Waals surface area contributed by atoms with Crippen LogP contribution in [0.1, 0.15) is 0 Å². The van der Waals surface area contributed by atoms with Gasteiger partial charge in [-0.1, -0.05) is 0 Å². The first-order chi connectivity index (χ1) is 4.97. The molecule has 0 bridgehead atoms. The third-order valence-electron chi connectivity index (χ3n) is 0.914. The summed E-state index contributed by atoms with van der Waals surface area (Å²) >= 11 is 2.62. The maximum atomic E-state index is 4.00. The van der Waals surface area contributed by atoms with Crippen LogP contribution in [-0.4, -0.2) is 18.7 Å². The number of rotatable bonds is 1. The molecule has 2 aromatic rings. The third-order valence-corrected chi connectivity index (χ3v) is 2.05. The molecule has 0 aromatic carbocycles. The fraction of sp³-hybridized carbons (Fsp3) is 0. The van der Waals surface area contributed by atoms with Crippen LogP contribution in [0.5, 0.6) is 0 Å². The van der Waals surface area contributed by atoms with E-state index >= 15 is 0 Å². The van der Waals surface area contributed by atoms with Crippen LogP contribution in [0.15, 0.2) is 11.8 Å². The molecular weight excluding hydrogens is 168 g/mol. The van der Waals surface area contributed by atoms with Crippen LogP contribution >= 0.6 is 23.1 Å². The van der Waals surface area contributed by atoms with Gasteiger partial charge in [-0.2, -0.15) is 8.75 Å². The molecular formula is C4H2N4S2. The van der Waals surface area contributed by atoms with Gasteiger partial charge in [0.1, 0.15) is 11.8 Å². The van der Waals surface area contributed by atoms with Gasteiger partial charge in [-0.05, 0) is 23.1 Å². The van der Waals surface area contributed by atoms with Gasteiger partial charge in [0, 0.05) is 0 Å². The number of hydrogen-bond acceptors (Lipinski definition) is 6. The molecule has 50 valence electrons. The molecule has 0 aliphatic rings. The van der Waals surface area contributed by atoms with Crippen LogP contribution in [-0.2, 0) is 0 Å². The summed E-state index contributed by atoms with van der Waals surface area (Å²) in [5, 5.41) is 0.779. The second-order valence-electron chi connectivity index (χ2n) is 1.50. The van der Waals surface area contributed by atoms with E-state index in [0.717, 1.165) is 5.01 Å². The molecule has 2 rings (SSSR count). The molecule has 0 radical (unpaired) electrons. The summed E-state index contributed by atoms with van der Waals surface area (Å²) in [4.78, 5) is 7.92. The van der Waals surface area contributed by atoms with Gasteiger partial charge in [-0.25, -0.2) is 9.97 Å². The van der Waals surface area contributed by atoms with Gasteiger partial charge in [0.05, 0.1) is 0 Å². The lowest BCUT2D eigenvalue weighted by molar-refractivity contribution is 1.26. The molecule has 2 aromatic heterocycles. The highest BCUT2D eigenvalue weighted by atomic mass is 32.1. The molecule has 0 fully saturated rings. The molecule has 10 heavy (non-hydrogen) atoms. The van der Waals surface area contributed by atoms with Gasteiger partial charge >= 0.3 is 0 Å². The van der Waals surface area contributed by atoms with Crippen molar-refractivity contribution in [2.45, 2.75) is 0 Å². The van der Waals surface area contributed by atoms with E-state index in [2.05, 4.69) is 18.7 Å². The predicted octanol–water partition coefficient (Wildman–Crippen LogP) is 1.06. The van der Waals surface area contributed by atoms with Crippen molar-refractivity contribution in [3.63, 3.8) is 0 Å². The zero-order chi connectivity index (χ0) is 6.81. The average Bonchev–Trinajstić information content (AvgIpc) is 2.59. The largest absolute Gasteiger partial charge is 0.221 e. The van der Waals surface area contributed by atoms with Gasteiger partial charge < -0.3 is 0 Å². The van der Waals surface area contributed by atoms with Crippen LogP contribution in [0.3, 0.4) is 0 Å². The fourth-order valence-electron chi connectivity index (χ4n) is 0.536. The van der Waals surface area contributed by atoms with Crippen molar-refractivity contribution in [2.24, 2.45) is 0 Å². The average molecular weight is 170 g/mol. The first-order valence-corrected chi connectivity index (χ1v) is 4.11. The van der Waals surface area contributed by atoms with Crippen molar-refractivity contribution >= 4 is 23.1 Å². The zero-order valence-electron chi connectivity index (χ0n) is 4.76. The van der Waals surface area contributed by atoms with Crippen molar-refractivity contribution in [3.05, 3.63) is 11.8 Å². The van der Waals surface area contributed by atoms with Crippen LogP contribution in [0.4, 0.5) is 0 Å². The quantitative estimate of drug-likeness (QED) is 0.642. The Bertz CT molecular complexity index is 255. The van der Waals surface area contributed by atoms with E-state index in [-0.39, 0.29) is 0 Å². The van der Waals surface area contributed by atoms with E-state index in [9.17, 15) is 0 Å². The second kappa shape index (κ2) is 2.39. The van der Waals surface area contributed by atoms with Crippen molar-refractivity contribution in [1.82, 2.24) is 18.7 Å². The Kier molecular flexibility index (Phi) is 1.40. The molecule has 0 unspecified atom stereocenters. The van der Waals surface area contributed by atoms with Gasteiger partial charge in [0.15, 0.2) is 5.01 Å². The SMILES string of the molecule is c1nsc(-c2ncsn2)n1. The van der Waals surface area contributed by atoms with Gasteiger partial charge in [-0.3, -0.25) is 0 Å². The molecule has 0 atom stereocenters. The zero-order valence-corrected chi connectivity index (χ0v) is 6.39. The summed E-state index contributed by atoms with van der Waals surface area (Å²) in [5.41, 5.74) is 1.68. The van der Waals surface area contributed by atoms with Gasteiger partial charge in [0.25, 0.3) is 0 Å². The summed E-state index contributed by atoms with van der Waals surface area (Å²) in [5.74, 6) is 0.674. The first kappa shape index (κ1) is 5.87. The molecule has 0 saturated heterocycles. The lowest BCUT2D eigenvalue weighted by Crippen LogP contribution is -1.74. The van der Waals surface area contributed by atoms with Crippen LogP contribution in [0, 0.1) is 0 Å². The maximum absolute atomic E-state index is 4.00. The Morgan fingerprint density at radius 2 is 2.30 bits per heavy atom. The summed E-state index contributed by atoms with van der Waals surface area (Å²) in [6.45, 7) is 0. The molecule has 6 heteroatoms. The van der Waals surface area contributed by atoms with Crippen LogP contribution < -0.4 is 0 Å². The van der Waals surface area contributed by atoms with E-state index in [1.807, 2.05) is 0 Å². The second-order valence-corrected chi connectivity index (χ2v) is 2.89. The van der Waals surface area contributed by atoms with E-state index in [0.29, 0.717) is 5.82 Å². The molecule has 0 amide bonds. The Morgan fingerprint density at radius 1 is 1.30 bits per heavy atom. The predicted molar refractivity (Wildman–Crippen MR) is 38.8 cm³/mol. The summed E-state index contributed by atoms with van der Waals surface area (Å²) in [7, 11) is 0. The fourth-order valence-corrected chi connectivity index (χ4v) is 1.49. The third kappa shape index (κ3) is 0.910. The summed E-state index contributed by atoms with van der Waals surface area (Å²) in [6.07, 6.45) is 1.50. The van der Waals surface area contributed by atoms with Crippen molar-refractivity contribution < 1.29 is 0 Å². The number of aromatic nitrogens is 4. The van der Waals surface area contributed by atoms with E-state index in [1.54, 1.807) is 5.51 Å². The number of nitrogens with zero attached hydrogens (tertiary/aromatic N) is 4. The monoisotopic (exact) mass is 170 g/mol. The normalized spacial score (nSPS) is 10.0. The molecule has 0 N–H and O–H groups in total. The van der Waals surface area contributed by atoms with E-state index < -0.39 is 0 Å². The highest BCUT2D eigenvalue weighted by Gasteiger charge is 2.02. The van der Waals surface area contributed by atoms with Crippen LogP contribution in [0.2, 0.25) is 0 Å². The minimum Gasteiger partial charge on any atom is -0.221 e. The van der Waals surface area contributed by atoms with Crippen LogP contribution in [0.25, 0.3) is 10.8 Å². The summed E-state index contributed by atoms with van der Waals surface area (Å²) < 4.78 is 7.83. The standard InChI is InChI=1S/C4H2N4S2/c1-5-4(10-7-1)3-6-2-9-8-3/h1-2H. The maximum Gasteiger partial charge on any atom is 0.203 e. The molecule has 0 saturated carbocycles. The minimum absolute atomic E-state index is 0.674. The Morgan fingerprint density at radius 3 is 2.90 bits per heavy atom. The Balaban J connectivity index is 2.48. The van der Waals surface area contributed by atoms with E-state index in [4.69, 9.17) is 0 Å². The number of hydrogen-bond donors (Lipinski definition) is 0. The van der Waals surface area contributed by atoms with Crippen molar-refractivity contribution in [1.29, 1.82) is 0 Å². The van der Waals surface area contributed by atoms with E-state index in [1.165, 1.54) is 29.4 Å². The molecule has 0 spiro atoms. The summed E-state index contributed by atoms with van der Waals surface area (Å²) in [6, 6.07) is 0. The van der Waals surface area contributed by atoms with Gasteiger partial charge in [-0.15, -0.1) is 0 Å². The minimum atomic E-state index is 0.674. The molecule has 4 nitrogen and oxygen atoms in total. The van der Waals surface area contributed by atoms with Crippen molar-refractivity contribution in [3.8, 4) is 10.8 Å². The lowest BCUT2D eigenvalue weighted by Gasteiger charge is -1.78. The van der Waals surface area contributed by atoms with Gasteiger partial charge in [0.2, 0.25) is 5.82 Å². The lowest BCUT2D eigenvalue weighted by atomic mass is 10.7.